The number of anilines is 1. The van der Waals surface area contributed by atoms with Crippen LogP contribution >= 0.6 is 0 Å². The van der Waals surface area contributed by atoms with Crippen molar-refractivity contribution < 1.29 is 4.74 Å². The van der Waals surface area contributed by atoms with Gasteiger partial charge in [-0.2, -0.15) is 5.10 Å². The van der Waals surface area contributed by atoms with Crippen LogP contribution in [-0.2, 0) is 14.1 Å². The van der Waals surface area contributed by atoms with Crippen molar-refractivity contribution in [1.82, 2.24) is 33.9 Å². The van der Waals surface area contributed by atoms with E-state index in [0.717, 1.165) is 57.8 Å². The maximum atomic E-state index is 13.0. The summed E-state index contributed by atoms with van der Waals surface area (Å²) in [5, 5.41) is 5.68. The van der Waals surface area contributed by atoms with Crippen molar-refractivity contribution in [1.29, 1.82) is 0 Å². The summed E-state index contributed by atoms with van der Waals surface area (Å²) in [5.74, 6) is 2.22. The second kappa shape index (κ2) is 8.14. The van der Waals surface area contributed by atoms with Crippen LogP contribution in [0.2, 0.25) is 0 Å². The Balaban J connectivity index is 1.43. The summed E-state index contributed by atoms with van der Waals surface area (Å²) >= 11 is 0. The van der Waals surface area contributed by atoms with E-state index in [-0.39, 0.29) is 5.69 Å². The molecule has 1 saturated carbocycles. The average Bonchev–Trinajstić information content (AvgIpc) is 3.48. The summed E-state index contributed by atoms with van der Waals surface area (Å²) in [6.07, 6.45) is 10.3. The molecule has 0 radical (unpaired) electrons. The molecule has 0 atom stereocenters. The van der Waals surface area contributed by atoms with Gasteiger partial charge in [0.25, 0.3) is 0 Å². The third kappa shape index (κ3) is 3.35. The molecule has 6 heterocycles. The number of nitrogens with zero attached hydrogens (tertiary/aromatic N) is 8. The number of pyridine rings is 3. The van der Waals surface area contributed by atoms with Crippen molar-refractivity contribution in [2.45, 2.75) is 32.6 Å². The topological polar surface area (TPSA) is 95.9 Å². The number of hydrogen-bond donors (Lipinski definition) is 0. The molecule has 1 aliphatic heterocycles. The minimum Gasteiger partial charge on any atom is -0.496 e. The fourth-order valence-electron chi connectivity index (χ4n) is 5.95. The van der Waals surface area contributed by atoms with Crippen LogP contribution in [0, 0.1) is 12.3 Å². The largest absolute Gasteiger partial charge is 0.496 e. The standard InChI is InChI=1S/C28H30N8O2/c1-17-18-16-30-36(21(18)13-20(31-17)19-15-29-10-5-23(19)38-4)24-14-22-25(34(3)27(37)33(22)2)26(32-24)35-11-8-28(6-7-28)9-12-35/h5,10,13-16H,6-9,11-12H2,1-4H3. The van der Waals surface area contributed by atoms with Crippen molar-refractivity contribution in [2.75, 3.05) is 25.1 Å². The summed E-state index contributed by atoms with van der Waals surface area (Å²) in [6.45, 7) is 3.87. The van der Waals surface area contributed by atoms with Gasteiger partial charge in [0, 0.05) is 56.7 Å². The van der Waals surface area contributed by atoms with E-state index in [0.29, 0.717) is 17.0 Å². The Morgan fingerprint density at radius 2 is 1.76 bits per heavy atom. The predicted molar refractivity (Wildman–Crippen MR) is 146 cm³/mol. The number of imidazole rings is 1. The molecular formula is C28H30N8O2. The van der Waals surface area contributed by atoms with Gasteiger partial charge >= 0.3 is 5.69 Å². The Morgan fingerprint density at radius 1 is 0.974 bits per heavy atom. The van der Waals surface area contributed by atoms with Gasteiger partial charge in [0.05, 0.1) is 35.6 Å². The number of ether oxygens (including phenoxy) is 1. The maximum Gasteiger partial charge on any atom is 0.328 e. The van der Waals surface area contributed by atoms with Gasteiger partial charge in [-0.25, -0.2) is 14.5 Å². The highest BCUT2D eigenvalue weighted by molar-refractivity contribution is 5.91. The highest BCUT2D eigenvalue weighted by atomic mass is 16.5. The van der Waals surface area contributed by atoms with Gasteiger partial charge in [0.15, 0.2) is 11.6 Å². The predicted octanol–water partition coefficient (Wildman–Crippen LogP) is 3.77. The normalized spacial score (nSPS) is 16.6. The number of methoxy groups -OCH3 is 1. The van der Waals surface area contributed by atoms with Crippen LogP contribution < -0.4 is 15.3 Å². The maximum absolute atomic E-state index is 13.0. The van der Waals surface area contributed by atoms with Gasteiger partial charge in [0.2, 0.25) is 0 Å². The van der Waals surface area contributed by atoms with Gasteiger partial charge in [-0.1, -0.05) is 0 Å². The first kappa shape index (κ1) is 22.9. The zero-order valence-corrected chi connectivity index (χ0v) is 22.1. The molecule has 0 aromatic carbocycles. The van der Waals surface area contributed by atoms with Crippen LogP contribution in [0.3, 0.4) is 0 Å². The lowest BCUT2D eigenvalue weighted by Gasteiger charge is -2.33. The van der Waals surface area contributed by atoms with Gasteiger partial charge in [0.1, 0.15) is 11.3 Å². The van der Waals surface area contributed by atoms with E-state index in [1.165, 1.54) is 25.7 Å². The molecule has 0 unspecified atom stereocenters. The van der Waals surface area contributed by atoms with Gasteiger partial charge < -0.3 is 9.64 Å². The van der Waals surface area contributed by atoms with E-state index in [9.17, 15) is 4.79 Å². The van der Waals surface area contributed by atoms with E-state index < -0.39 is 0 Å². The molecule has 2 aliphatic rings. The number of aromatic nitrogens is 7. The molecule has 2 fully saturated rings. The molecule has 5 aromatic heterocycles. The van der Waals surface area contributed by atoms with Crippen molar-refractivity contribution in [3.8, 4) is 22.8 Å². The van der Waals surface area contributed by atoms with Crippen LogP contribution in [0.15, 0.2) is 41.6 Å². The molecule has 38 heavy (non-hydrogen) atoms. The summed E-state index contributed by atoms with van der Waals surface area (Å²) in [6, 6.07) is 5.79. The number of rotatable bonds is 4. The fourth-order valence-corrected chi connectivity index (χ4v) is 5.95. The van der Waals surface area contributed by atoms with Crippen LogP contribution in [0.4, 0.5) is 5.82 Å². The minimum atomic E-state index is -0.0628. The Labute approximate surface area is 219 Å². The first-order valence-electron chi connectivity index (χ1n) is 13.0. The zero-order valence-electron chi connectivity index (χ0n) is 22.1. The quantitative estimate of drug-likeness (QED) is 0.363. The third-order valence-corrected chi connectivity index (χ3v) is 8.54. The molecular weight excluding hydrogens is 480 g/mol. The molecule has 0 amide bonds. The molecule has 7 rings (SSSR count). The molecule has 1 spiro atoms. The smallest absolute Gasteiger partial charge is 0.328 e. The Kier molecular flexibility index (Phi) is 4.92. The third-order valence-electron chi connectivity index (χ3n) is 8.54. The lowest BCUT2D eigenvalue weighted by Crippen LogP contribution is -2.35. The van der Waals surface area contributed by atoms with Crippen molar-refractivity contribution in [3.05, 3.63) is 53.0 Å². The van der Waals surface area contributed by atoms with Gasteiger partial charge in [-0.05, 0) is 50.2 Å². The van der Waals surface area contributed by atoms with Crippen LogP contribution in [-0.4, -0.2) is 54.1 Å². The second-order valence-corrected chi connectivity index (χ2v) is 10.7. The molecule has 10 nitrogen and oxygen atoms in total. The minimum absolute atomic E-state index is 0.0628. The number of fused-ring (bicyclic) bond motifs is 2. The van der Waals surface area contributed by atoms with Gasteiger partial charge in [-0.15, -0.1) is 0 Å². The number of aryl methyl sites for hydroxylation is 3. The van der Waals surface area contributed by atoms with Crippen LogP contribution in [0.25, 0.3) is 39.0 Å². The molecule has 0 bridgehead atoms. The Morgan fingerprint density at radius 3 is 2.50 bits per heavy atom. The van der Waals surface area contributed by atoms with E-state index in [1.807, 2.05) is 50.1 Å². The van der Waals surface area contributed by atoms with E-state index in [1.54, 1.807) is 28.6 Å². The first-order valence-corrected chi connectivity index (χ1v) is 13.0. The Hall–Kier alpha value is -4.21. The SMILES string of the molecule is COc1ccncc1-c1cc2c(cnn2-c2cc3c(c(N4CCC5(CC4)CC5)n2)n(C)c(=O)n3C)c(C)n1. The molecule has 1 aliphatic carbocycles. The summed E-state index contributed by atoms with van der Waals surface area (Å²) in [5.41, 5.74) is 5.48. The van der Waals surface area contributed by atoms with Crippen LogP contribution in [0.5, 0.6) is 5.75 Å². The second-order valence-electron chi connectivity index (χ2n) is 10.7. The van der Waals surface area contributed by atoms with Crippen molar-refractivity contribution >= 4 is 27.8 Å². The molecule has 1 saturated heterocycles. The van der Waals surface area contributed by atoms with E-state index >= 15 is 0 Å². The lowest BCUT2D eigenvalue weighted by atomic mass is 9.94. The highest BCUT2D eigenvalue weighted by Crippen LogP contribution is 2.54. The first-order chi connectivity index (χ1) is 18.4. The Bertz CT molecular complexity index is 1780. The lowest BCUT2D eigenvalue weighted by molar-refractivity contribution is 0.383. The molecule has 5 aromatic rings. The number of hydrogen-bond acceptors (Lipinski definition) is 7. The summed E-state index contributed by atoms with van der Waals surface area (Å²) in [4.78, 5) is 29.6. The van der Waals surface area contributed by atoms with E-state index in [2.05, 4.69) is 9.88 Å². The molecule has 194 valence electrons. The average molecular weight is 511 g/mol. The van der Waals surface area contributed by atoms with E-state index in [4.69, 9.17) is 19.8 Å². The zero-order chi connectivity index (χ0) is 26.2. The number of piperidine rings is 1. The fraction of sp³-hybridized carbons (Fsp3) is 0.393. The monoisotopic (exact) mass is 510 g/mol. The summed E-state index contributed by atoms with van der Waals surface area (Å²) in [7, 11) is 5.29. The molecule has 0 N–H and O–H groups in total. The van der Waals surface area contributed by atoms with Crippen molar-refractivity contribution in [2.24, 2.45) is 19.5 Å². The van der Waals surface area contributed by atoms with Crippen molar-refractivity contribution in [3.63, 3.8) is 0 Å². The molecule has 10 heteroatoms. The summed E-state index contributed by atoms with van der Waals surface area (Å²) < 4.78 is 10.8. The van der Waals surface area contributed by atoms with Gasteiger partial charge in [-0.3, -0.25) is 19.1 Å². The van der Waals surface area contributed by atoms with Crippen LogP contribution in [0.1, 0.15) is 31.4 Å². The highest BCUT2D eigenvalue weighted by Gasteiger charge is 2.45.